The molecule has 1 N–H and O–H groups in total. The van der Waals surface area contributed by atoms with Gasteiger partial charge in [0.1, 0.15) is 11.7 Å². The van der Waals surface area contributed by atoms with Crippen molar-refractivity contribution in [3.05, 3.63) is 41.9 Å². The smallest absolute Gasteiger partial charge is 0.277 e. The first-order valence-electron chi connectivity index (χ1n) is 7.00. The maximum Gasteiger partial charge on any atom is 0.277 e. The van der Waals surface area contributed by atoms with Crippen LogP contribution in [-0.2, 0) is 0 Å². The number of nitrogens with zero attached hydrogens (tertiary/aromatic N) is 6. The van der Waals surface area contributed by atoms with E-state index in [1.807, 2.05) is 0 Å². The zero-order valence-corrected chi connectivity index (χ0v) is 12.7. The number of nitrogens with one attached hydrogen (secondary N) is 1. The number of H-pyrrole nitrogens is 1. The molecule has 1 saturated heterocycles. The molecular weight excluding hydrogens is 321 g/mol. The highest BCUT2D eigenvalue weighted by atomic mass is 32.2. The second-order valence-electron chi connectivity index (χ2n) is 5.04. The Morgan fingerprint density at radius 3 is 3.13 bits per heavy atom. The maximum atomic E-state index is 14.5. The van der Waals surface area contributed by atoms with Gasteiger partial charge in [0, 0.05) is 24.2 Å². The summed E-state index contributed by atoms with van der Waals surface area (Å²) in [5, 5.41) is 13.8. The number of hydrogen-bond donors (Lipinski definition) is 1. The summed E-state index contributed by atoms with van der Waals surface area (Å²) in [5.74, 6) is 0.724. The number of tetrazole rings is 1. The highest BCUT2D eigenvalue weighted by Crippen LogP contribution is 2.29. The average Bonchev–Trinajstić information content (AvgIpc) is 3.23. The fourth-order valence-corrected chi connectivity index (χ4v) is 3.65. The fraction of sp³-hybridized carbons (Fsp3) is 0.308. The molecule has 3 aromatic heterocycles. The van der Waals surface area contributed by atoms with Crippen LogP contribution >= 0.6 is 11.8 Å². The largest absolute Gasteiger partial charge is 0.325 e. The molecule has 4 rings (SSSR count). The van der Waals surface area contributed by atoms with E-state index < -0.39 is 11.9 Å². The van der Waals surface area contributed by atoms with Crippen LogP contribution in [0, 0.1) is 5.95 Å². The van der Waals surface area contributed by atoms with Gasteiger partial charge in [-0.1, -0.05) is 11.3 Å². The quantitative estimate of drug-likeness (QED) is 0.750. The van der Waals surface area contributed by atoms with Crippen LogP contribution in [0.1, 0.15) is 22.4 Å². The van der Waals surface area contributed by atoms with Crippen LogP contribution in [0.2, 0.25) is 0 Å². The summed E-state index contributed by atoms with van der Waals surface area (Å²) in [6.07, 6.45) is 1.54. The molecule has 1 atom stereocenters. The number of pyridine rings is 1. The molecule has 23 heavy (non-hydrogen) atoms. The van der Waals surface area contributed by atoms with E-state index in [-0.39, 0.29) is 11.7 Å². The van der Waals surface area contributed by atoms with E-state index in [0.29, 0.717) is 23.8 Å². The van der Waals surface area contributed by atoms with Crippen molar-refractivity contribution in [2.24, 2.45) is 0 Å². The van der Waals surface area contributed by atoms with E-state index in [1.54, 1.807) is 34.9 Å². The molecule has 0 saturated carbocycles. The van der Waals surface area contributed by atoms with E-state index in [4.69, 9.17) is 0 Å². The molecular formula is C13H12FN7OS. The summed E-state index contributed by atoms with van der Waals surface area (Å²) in [5.41, 5.74) is 0.215. The van der Waals surface area contributed by atoms with Gasteiger partial charge in [-0.05, 0) is 12.1 Å². The van der Waals surface area contributed by atoms with Gasteiger partial charge in [-0.15, -0.1) is 10.2 Å². The first kappa shape index (κ1) is 14.1. The van der Waals surface area contributed by atoms with Crippen LogP contribution in [0.4, 0.5) is 4.39 Å². The topological polar surface area (TPSA) is 92.1 Å². The molecule has 4 heterocycles. The number of carbonyl (C=O) groups is 1. The molecule has 8 nitrogen and oxygen atoms in total. The van der Waals surface area contributed by atoms with Crippen LogP contribution in [0.25, 0.3) is 5.65 Å². The van der Waals surface area contributed by atoms with Gasteiger partial charge >= 0.3 is 0 Å². The molecule has 1 unspecified atom stereocenters. The molecule has 0 aromatic carbocycles. The van der Waals surface area contributed by atoms with Crippen molar-refractivity contribution in [1.29, 1.82) is 0 Å². The number of aromatic amines is 1. The lowest BCUT2D eigenvalue weighted by Crippen LogP contribution is -2.41. The zero-order chi connectivity index (χ0) is 15.8. The molecule has 0 radical (unpaired) electrons. The Bertz CT molecular complexity index is 849. The number of carbonyl (C=O) groups excluding carboxylic acids is 1. The van der Waals surface area contributed by atoms with Crippen LogP contribution in [0.5, 0.6) is 0 Å². The molecule has 3 aromatic rings. The van der Waals surface area contributed by atoms with E-state index in [1.165, 1.54) is 10.6 Å². The third-order valence-electron chi connectivity index (χ3n) is 3.72. The Kier molecular flexibility index (Phi) is 3.45. The first-order valence-corrected chi connectivity index (χ1v) is 8.16. The highest BCUT2D eigenvalue weighted by Gasteiger charge is 2.34. The fourth-order valence-electron chi connectivity index (χ4n) is 2.61. The third kappa shape index (κ3) is 2.34. The van der Waals surface area contributed by atoms with Gasteiger partial charge in [0.15, 0.2) is 11.5 Å². The van der Waals surface area contributed by atoms with E-state index >= 15 is 0 Å². The molecule has 0 aliphatic carbocycles. The SMILES string of the molecule is O=C(c1nc2ccccn2c1F)N1CCSCC1c1nn[nH]n1. The minimum atomic E-state index is -0.657. The number of aromatic nitrogens is 6. The Hall–Kier alpha value is -2.49. The van der Waals surface area contributed by atoms with Gasteiger partial charge in [-0.25, -0.2) is 4.98 Å². The Morgan fingerprint density at radius 1 is 1.43 bits per heavy atom. The van der Waals surface area contributed by atoms with Gasteiger partial charge in [0.2, 0.25) is 5.95 Å². The number of amides is 1. The lowest BCUT2D eigenvalue weighted by atomic mass is 10.2. The van der Waals surface area contributed by atoms with Crippen molar-refractivity contribution in [3.8, 4) is 0 Å². The van der Waals surface area contributed by atoms with Crippen molar-refractivity contribution >= 4 is 23.3 Å². The average molecular weight is 333 g/mol. The second-order valence-corrected chi connectivity index (χ2v) is 6.19. The van der Waals surface area contributed by atoms with E-state index in [9.17, 15) is 9.18 Å². The van der Waals surface area contributed by atoms with Crippen molar-refractivity contribution in [2.75, 3.05) is 18.1 Å². The van der Waals surface area contributed by atoms with Crippen LogP contribution in [-0.4, -0.2) is 58.9 Å². The predicted molar refractivity (Wildman–Crippen MR) is 80.4 cm³/mol. The highest BCUT2D eigenvalue weighted by molar-refractivity contribution is 7.99. The number of hydrogen-bond acceptors (Lipinski definition) is 6. The molecule has 0 spiro atoms. The number of fused-ring (bicyclic) bond motifs is 1. The number of rotatable bonds is 2. The summed E-state index contributed by atoms with van der Waals surface area (Å²) < 4.78 is 15.8. The molecule has 1 fully saturated rings. The summed E-state index contributed by atoms with van der Waals surface area (Å²) >= 11 is 1.69. The van der Waals surface area contributed by atoms with Gasteiger partial charge < -0.3 is 4.90 Å². The lowest BCUT2D eigenvalue weighted by Gasteiger charge is -2.32. The van der Waals surface area contributed by atoms with E-state index in [0.717, 1.165) is 5.75 Å². The summed E-state index contributed by atoms with van der Waals surface area (Å²) in [6.45, 7) is 0.482. The lowest BCUT2D eigenvalue weighted by molar-refractivity contribution is 0.0683. The summed E-state index contributed by atoms with van der Waals surface area (Å²) in [4.78, 5) is 18.5. The predicted octanol–water partition coefficient (Wildman–Crippen LogP) is 0.917. The Balaban J connectivity index is 1.72. The maximum absolute atomic E-state index is 14.5. The second kappa shape index (κ2) is 5.61. The van der Waals surface area contributed by atoms with E-state index in [2.05, 4.69) is 25.6 Å². The minimum Gasteiger partial charge on any atom is -0.325 e. The zero-order valence-electron chi connectivity index (χ0n) is 11.9. The molecule has 10 heteroatoms. The van der Waals surface area contributed by atoms with Crippen molar-refractivity contribution < 1.29 is 9.18 Å². The standard InChI is InChI=1S/C13H12FN7OS/c14-11-10(15-9-3-1-2-4-21(9)11)13(22)20-5-6-23-7-8(20)12-16-18-19-17-12/h1-4,8H,5-7H2,(H,16,17,18,19). The van der Waals surface area contributed by atoms with Gasteiger partial charge in [-0.3, -0.25) is 9.20 Å². The van der Waals surface area contributed by atoms with Crippen molar-refractivity contribution in [2.45, 2.75) is 6.04 Å². The Labute approximate surface area is 134 Å². The number of thioether (sulfide) groups is 1. The van der Waals surface area contributed by atoms with Crippen molar-refractivity contribution in [1.82, 2.24) is 34.9 Å². The number of halogens is 1. The van der Waals surface area contributed by atoms with Gasteiger partial charge in [0.05, 0.1) is 0 Å². The molecule has 1 aliphatic rings. The van der Waals surface area contributed by atoms with Crippen LogP contribution in [0.3, 0.4) is 0 Å². The van der Waals surface area contributed by atoms with Crippen LogP contribution in [0.15, 0.2) is 24.4 Å². The van der Waals surface area contributed by atoms with Crippen LogP contribution < -0.4 is 0 Å². The minimum absolute atomic E-state index is 0.184. The van der Waals surface area contributed by atoms with Gasteiger partial charge in [0.25, 0.3) is 5.91 Å². The Morgan fingerprint density at radius 2 is 2.35 bits per heavy atom. The monoisotopic (exact) mass is 333 g/mol. The van der Waals surface area contributed by atoms with Crippen molar-refractivity contribution in [3.63, 3.8) is 0 Å². The van der Waals surface area contributed by atoms with Gasteiger partial charge in [-0.2, -0.15) is 21.4 Å². The first-order chi connectivity index (χ1) is 11.3. The third-order valence-corrected chi connectivity index (χ3v) is 4.75. The summed E-state index contributed by atoms with van der Waals surface area (Å²) in [7, 11) is 0. The summed E-state index contributed by atoms with van der Waals surface area (Å²) in [6, 6.07) is 4.74. The molecule has 1 amide bonds. The number of imidazole rings is 1. The molecule has 0 bridgehead atoms. The normalized spacial score (nSPS) is 18.5. The molecule has 1 aliphatic heterocycles. The molecule has 118 valence electrons.